The Bertz CT molecular complexity index is 2380. The summed E-state index contributed by atoms with van der Waals surface area (Å²) in [6, 6.07) is 9.39. The minimum atomic E-state index is -1.54. The molecule has 0 fully saturated rings. The van der Waals surface area contributed by atoms with Crippen LogP contribution in [0.4, 0.5) is 0 Å². The van der Waals surface area contributed by atoms with E-state index in [-0.39, 0.29) is 65.8 Å². The SMILES string of the molecule is O=C([O-])c1cc(O)c(O)c(O)c1.O=C([O-])c1cc(O)c(O)c(O)c1.O=C([O-])c1cc(O)c(O)c(O)c1.O=C([O-])c1cc(O)c(O)c(O)c1.O=C([O-])c1cc(O)c(O)c(O)c1.O=C([O-])c1cc(O)c(O)c(O)c1.[Gd+3].[Sc+3]. The summed E-state index contributed by atoms with van der Waals surface area (Å²) in [6.07, 6.45) is 0. The number of phenols is 18. The number of rotatable bonds is 6. The molecule has 0 atom stereocenters. The van der Waals surface area contributed by atoms with Crippen molar-refractivity contribution < 1.29 is 217 Å². The monoisotopic (exact) mass is 1220 g/mol. The fourth-order valence-electron chi connectivity index (χ4n) is 4.33. The molecule has 0 heterocycles. The molecule has 0 aliphatic heterocycles. The zero-order chi connectivity index (χ0) is 55.8. The average molecular weight is 1220 g/mol. The Labute approximate surface area is 459 Å². The molecule has 18 N–H and O–H groups in total. The number of aromatic hydroxyl groups is 18. The van der Waals surface area contributed by atoms with E-state index in [1.54, 1.807) is 0 Å². The number of carbonyl (C=O) groups is 6. The van der Waals surface area contributed by atoms with Crippen molar-refractivity contribution in [2.45, 2.75) is 0 Å². The predicted molar refractivity (Wildman–Crippen MR) is 215 cm³/mol. The van der Waals surface area contributed by atoms with E-state index in [0.717, 1.165) is 72.8 Å². The molecule has 1 radical (unpaired) electrons. The number of hydrogen-bond donors (Lipinski definition) is 18. The van der Waals surface area contributed by atoms with E-state index in [0.29, 0.717) is 0 Å². The quantitative estimate of drug-likeness (QED) is 0.0694. The van der Waals surface area contributed by atoms with Crippen molar-refractivity contribution in [3.05, 3.63) is 106 Å². The minimum Gasteiger partial charge on any atom is -0.545 e. The molecule has 0 saturated carbocycles. The van der Waals surface area contributed by atoms with Gasteiger partial charge in [0.25, 0.3) is 0 Å². The molecule has 0 saturated heterocycles. The Morgan fingerprint density at radius 3 is 0.338 bits per heavy atom. The summed E-state index contributed by atoms with van der Waals surface area (Å²) in [5, 5.41) is 220. The van der Waals surface area contributed by atoms with Crippen molar-refractivity contribution in [2.75, 3.05) is 0 Å². The van der Waals surface area contributed by atoms with Gasteiger partial charge in [-0.3, -0.25) is 0 Å². The zero-order valence-electron chi connectivity index (χ0n) is 35.8. The molecular weight excluding hydrogens is 1190 g/mol. The minimum absolute atomic E-state index is 0. The van der Waals surface area contributed by atoms with Gasteiger partial charge in [0.15, 0.2) is 103 Å². The first-order valence-electron chi connectivity index (χ1n) is 17.9. The van der Waals surface area contributed by atoms with Crippen LogP contribution in [-0.4, -0.2) is 128 Å². The average Bonchev–Trinajstić information content (AvgIpc) is 3.29. The molecule has 30 nitrogen and oxygen atoms in total. The van der Waals surface area contributed by atoms with Crippen LogP contribution >= 0.6 is 0 Å². The number of carboxylic acid groups (broad SMARTS) is 6. The molecule has 0 amide bonds. The van der Waals surface area contributed by atoms with Crippen LogP contribution < -0.4 is 30.6 Å². The Morgan fingerprint density at radius 2 is 0.284 bits per heavy atom. The van der Waals surface area contributed by atoms with Crippen molar-refractivity contribution in [1.82, 2.24) is 0 Å². The summed E-state index contributed by atoms with van der Waals surface area (Å²) < 4.78 is 0. The molecule has 32 heteroatoms. The van der Waals surface area contributed by atoms with E-state index in [1.165, 1.54) is 0 Å². The fraction of sp³-hybridized carbons (Fsp3) is 0. The van der Waals surface area contributed by atoms with Crippen LogP contribution in [0.1, 0.15) is 62.1 Å². The molecular formula is C42H30GdO30Sc. The normalized spacial score (nSPS) is 9.41. The third kappa shape index (κ3) is 19.5. The van der Waals surface area contributed by atoms with Crippen molar-refractivity contribution in [2.24, 2.45) is 0 Å². The van der Waals surface area contributed by atoms with Crippen LogP contribution in [0.25, 0.3) is 0 Å². The predicted octanol–water partition coefficient (Wildman–Crippen LogP) is -5.00. The number of carbonyl (C=O) groups excluding carboxylic acids is 6. The summed E-state index contributed by atoms with van der Waals surface area (Å²) >= 11 is 0. The summed E-state index contributed by atoms with van der Waals surface area (Å²) in [4.78, 5) is 61.2. The van der Waals surface area contributed by atoms with Gasteiger partial charge >= 0.3 is 65.8 Å². The third-order valence-corrected chi connectivity index (χ3v) is 7.83. The largest absolute Gasteiger partial charge is 3.00 e. The Kier molecular flexibility index (Phi) is 26.3. The van der Waals surface area contributed by atoms with Gasteiger partial charge in [0.2, 0.25) is 0 Å². The number of benzene rings is 6. The molecule has 6 aromatic carbocycles. The van der Waals surface area contributed by atoms with E-state index in [2.05, 4.69) is 0 Å². The molecule has 0 spiro atoms. The molecule has 6 aromatic rings. The molecule has 0 bridgehead atoms. The Balaban J connectivity index is 0. The van der Waals surface area contributed by atoms with Crippen LogP contribution in [-0.2, 0) is 25.8 Å². The summed E-state index contributed by atoms with van der Waals surface area (Å²) in [5.41, 5.74) is -2.40. The third-order valence-electron chi connectivity index (χ3n) is 7.83. The topological polar surface area (TPSA) is 605 Å². The van der Waals surface area contributed by atoms with Crippen LogP contribution in [0.15, 0.2) is 72.8 Å². The van der Waals surface area contributed by atoms with Crippen LogP contribution in [0, 0.1) is 39.9 Å². The number of phenolic OH excluding ortho intramolecular Hbond substituents is 18. The zero-order valence-corrected chi connectivity index (χ0v) is 39.9. The van der Waals surface area contributed by atoms with Gasteiger partial charge in [-0.1, -0.05) is 0 Å². The number of aromatic carboxylic acids is 6. The molecule has 0 aliphatic rings. The maximum atomic E-state index is 10.2. The maximum Gasteiger partial charge on any atom is 3.00 e. The van der Waals surface area contributed by atoms with Gasteiger partial charge in [-0.2, -0.15) is 0 Å². The van der Waals surface area contributed by atoms with Gasteiger partial charge in [-0.05, 0) is 72.8 Å². The molecule has 389 valence electrons. The summed E-state index contributed by atoms with van der Waals surface area (Å²) in [5.74, 6) is -22.1. The van der Waals surface area contributed by atoms with Gasteiger partial charge in [0.05, 0.1) is 35.8 Å². The second-order valence-corrected chi connectivity index (χ2v) is 12.9. The molecule has 6 rings (SSSR count). The molecule has 0 aliphatic carbocycles. The van der Waals surface area contributed by atoms with Gasteiger partial charge in [-0.25, -0.2) is 0 Å². The van der Waals surface area contributed by atoms with E-state index < -0.39 is 173 Å². The van der Waals surface area contributed by atoms with Gasteiger partial charge in [0, 0.05) is 33.4 Å². The van der Waals surface area contributed by atoms with Crippen LogP contribution in [0.5, 0.6) is 103 Å². The Hall–Kier alpha value is -9.27. The molecule has 0 unspecified atom stereocenters. The standard InChI is InChI=1S/6C7H6O5.Gd.Sc/c6*8-4-1-3(7(11)12)2-5(9)6(4)10;;/h6*1-2,8-10H,(H,11,12);;/q;;;;;;2*+3/p-6. The van der Waals surface area contributed by atoms with Crippen molar-refractivity contribution in [3.63, 3.8) is 0 Å². The molecule has 0 aromatic heterocycles. The van der Waals surface area contributed by atoms with Crippen molar-refractivity contribution in [3.8, 4) is 103 Å². The first-order valence-corrected chi connectivity index (χ1v) is 17.9. The van der Waals surface area contributed by atoms with Gasteiger partial charge in [-0.15, -0.1) is 0 Å². The Morgan fingerprint density at radius 1 is 0.216 bits per heavy atom. The smallest absolute Gasteiger partial charge is 0.545 e. The second-order valence-electron chi connectivity index (χ2n) is 12.9. The maximum absolute atomic E-state index is 10.2. The van der Waals surface area contributed by atoms with E-state index >= 15 is 0 Å². The first-order chi connectivity index (χ1) is 33.1. The van der Waals surface area contributed by atoms with E-state index in [1.807, 2.05) is 0 Å². The summed E-state index contributed by atoms with van der Waals surface area (Å²) in [7, 11) is 0. The van der Waals surface area contributed by atoms with Gasteiger partial charge < -0.3 is 151 Å². The number of hydrogen-bond acceptors (Lipinski definition) is 30. The molecule has 74 heavy (non-hydrogen) atoms. The van der Waals surface area contributed by atoms with Crippen LogP contribution in [0.3, 0.4) is 0 Å². The van der Waals surface area contributed by atoms with E-state index in [4.69, 9.17) is 91.9 Å². The van der Waals surface area contributed by atoms with Crippen molar-refractivity contribution in [1.29, 1.82) is 0 Å². The van der Waals surface area contributed by atoms with Crippen molar-refractivity contribution >= 4 is 35.8 Å². The second kappa shape index (κ2) is 29.2. The summed E-state index contributed by atoms with van der Waals surface area (Å²) in [6.45, 7) is 0. The number of carboxylic acids is 6. The van der Waals surface area contributed by atoms with Crippen LogP contribution in [0.2, 0.25) is 0 Å². The first kappa shape index (κ1) is 66.8. The fourth-order valence-corrected chi connectivity index (χ4v) is 4.33. The van der Waals surface area contributed by atoms with Gasteiger partial charge in [0.1, 0.15) is 0 Å². The van der Waals surface area contributed by atoms with E-state index in [9.17, 15) is 59.4 Å².